The highest BCUT2D eigenvalue weighted by atomic mass is 32.2. The van der Waals surface area contributed by atoms with Crippen molar-refractivity contribution in [3.63, 3.8) is 0 Å². The Labute approximate surface area is 846 Å². The van der Waals surface area contributed by atoms with Gasteiger partial charge in [0.25, 0.3) is 40.9 Å². The molecule has 148 heavy (non-hydrogen) atoms. The maximum absolute atomic E-state index is 14.2. The third-order valence-corrected chi connectivity index (χ3v) is 24.4. The summed E-state index contributed by atoms with van der Waals surface area (Å²) in [6, 6.07) is 86.9. The van der Waals surface area contributed by atoms with E-state index in [0.29, 0.717) is 86.3 Å². The molecule has 7 aliphatic rings. The van der Waals surface area contributed by atoms with Crippen LogP contribution in [0.2, 0.25) is 0 Å². The zero-order valence-electron chi connectivity index (χ0n) is 76.0. The van der Waals surface area contributed by atoms with Gasteiger partial charge in [-0.2, -0.15) is 9.13 Å². The van der Waals surface area contributed by atoms with Crippen molar-refractivity contribution in [2.75, 3.05) is 29.4 Å². The molecule has 0 saturated heterocycles. The van der Waals surface area contributed by atoms with Crippen LogP contribution in [0.4, 0.5) is 39.8 Å². The molecule has 1 atom stereocenters. The van der Waals surface area contributed by atoms with Crippen molar-refractivity contribution in [1.29, 1.82) is 0 Å². The largest absolute Gasteiger partial charge is 0.750 e. The molecule has 35 heteroatoms. The number of ketones is 7. The van der Waals surface area contributed by atoms with E-state index in [2.05, 4.69) is 34.2 Å². The number of nitrogens with zero attached hydrogens (tertiary/aromatic N) is 15. The first kappa shape index (κ1) is 101. The van der Waals surface area contributed by atoms with Crippen molar-refractivity contribution < 1.29 is 99.7 Å². The first-order chi connectivity index (χ1) is 70.6. The number of aromatic hydroxyl groups is 1. The number of Topliss-reactive ketones (excluding diaryl/α,β-unsaturated/α-hetero) is 7. The molecule has 6 amide bonds. The molecular weight excluding hydrogens is 1900 g/mol. The Hall–Kier alpha value is -19.7. The molecule has 0 radical (unpaired) electrons. The summed E-state index contributed by atoms with van der Waals surface area (Å²) in [7, 11) is 0. The van der Waals surface area contributed by atoms with E-state index in [-0.39, 0.29) is 141 Å². The van der Waals surface area contributed by atoms with Crippen molar-refractivity contribution in [3.05, 3.63) is 484 Å². The minimum absolute atomic E-state index is 0. The lowest BCUT2D eigenvalue weighted by Gasteiger charge is -2.24. The molecule has 0 saturated carbocycles. The van der Waals surface area contributed by atoms with Gasteiger partial charge in [-0.15, -0.1) is 0 Å². The number of benzene rings is 8. The molecule has 34 nitrogen and oxygen atoms in total. The average Bonchev–Trinajstić information content (AvgIpc) is 1.58. The van der Waals surface area contributed by atoms with E-state index in [1.165, 1.54) is 95.4 Å². The number of aliphatic imine (C=N–C) groups is 1. The Morgan fingerprint density at radius 3 is 0.885 bits per heavy atom. The summed E-state index contributed by atoms with van der Waals surface area (Å²) in [5, 5.41) is 19.9. The molecule has 8 aromatic carbocycles. The monoisotopic (exact) mass is 1990 g/mol. The number of rotatable bonds is 11. The maximum atomic E-state index is 14.2. The number of hydrogen-bond donors (Lipinski definition) is 1. The van der Waals surface area contributed by atoms with Crippen molar-refractivity contribution in [2.45, 2.75) is 49.2 Å². The number of aryl methyl sites for hydroxylation is 2. The number of hydrogen-bond acceptors (Lipinski definition) is 25. The van der Waals surface area contributed by atoms with Crippen LogP contribution < -0.4 is 43.8 Å². The van der Waals surface area contributed by atoms with Gasteiger partial charge in [-0.3, -0.25) is 126 Å². The van der Waals surface area contributed by atoms with Crippen LogP contribution in [0.3, 0.4) is 0 Å². The van der Waals surface area contributed by atoms with E-state index >= 15 is 0 Å². The quantitative estimate of drug-likeness (QED) is 0.0413. The summed E-state index contributed by atoms with van der Waals surface area (Å²) in [5.74, 6) is -7.28. The molecule has 0 fully saturated rings. The summed E-state index contributed by atoms with van der Waals surface area (Å²) >= 11 is -2.88. The fraction of sp³-hybridized carbons (Fsp3) is 0.0619. The standard InChI is InChI=1S/C32H26N4O4.2C28H16N4O4.C22H13N3O3.3CH4.H2O4S/c1-3-33-19-11-9-17-25(33)31(39)35-23-15-7-5-13-21(23)29(37)27(35)28-30(38)22-14-6-8-16-24(22)36(28)32(40)26-18-10-12-20-34(26)4-2;2*33-25-17-9-1-3-13-21(17)31(27(35)19-11-5-7-15-29-19)23(25)24-26(34)18-10-2-4-14-22(18)32(24)28(36)20-12-6-8-16-30-20;26-20-14-5-1-3-7-16(14)24-18(20)19-21(27)15-6-2-4-8-17(15)25(19)22(28)13-9-11-23-12-10-13;;;;1-4-5(2)3/h5-20H,3-4H2,1-2H3;2*1-16H;1-12,27H;3*1H4;1H,(H,2,3)/q+2;;;;;;;/p-2/b28-27+;2*24-23+;;;;;. The predicted molar refractivity (Wildman–Crippen MR) is 543 cm³/mol. The molecule has 1 unspecified atom stereocenters. The van der Waals surface area contributed by atoms with Crippen LogP contribution in [-0.4, -0.2) is 131 Å². The highest BCUT2D eigenvalue weighted by Gasteiger charge is 2.53. The smallest absolute Gasteiger partial charge is 0.327 e. The lowest BCUT2D eigenvalue weighted by molar-refractivity contribution is -0.695. The zero-order chi connectivity index (χ0) is 101. The number of pyridine rings is 7. The van der Waals surface area contributed by atoms with E-state index in [0.717, 1.165) is 0 Å². The van der Waals surface area contributed by atoms with E-state index in [1.54, 1.807) is 301 Å². The van der Waals surface area contributed by atoms with Crippen LogP contribution in [0.15, 0.2) is 404 Å². The molecule has 0 spiro atoms. The molecule has 7 aliphatic heterocycles. The number of carbonyl (C=O) groups excluding carboxylic acids is 14. The van der Waals surface area contributed by atoms with Gasteiger partial charge in [-0.1, -0.05) is 144 Å². The van der Waals surface area contributed by atoms with Crippen LogP contribution in [0.1, 0.15) is 188 Å². The number of anilines is 6. The summed E-state index contributed by atoms with van der Waals surface area (Å²) in [4.78, 5) is 225. The van der Waals surface area contributed by atoms with Crippen LogP contribution in [-0.2, 0) is 28.8 Å². The average molecular weight is 1990 g/mol. The zero-order valence-corrected chi connectivity index (χ0v) is 76.8. The fourth-order valence-corrected chi connectivity index (χ4v) is 17.8. The molecule has 15 heterocycles. The van der Waals surface area contributed by atoms with Crippen LogP contribution in [0.5, 0.6) is 5.75 Å². The normalized spacial score (nSPS) is 15.1. The van der Waals surface area contributed by atoms with Crippen LogP contribution in [0, 0.1) is 0 Å². The van der Waals surface area contributed by atoms with Gasteiger partial charge in [0.05, 0.1) is 56.7 Å². The van der Waals surface area contributed by atoms with Gasteiger partial charge in [-0.05, 0) is 184 Å². The van der Waals surface area contributed by atoms with Crippen LogP contribution >= 0.6 is 0 Å². The predicted octanol–water partition coefficient (Wildman–Crippen LogP) is 15.8. The van der Waals surface area contributed by atoms with E-state index < -0.39 is 81.5 Å². The van der Waals surface area contributed by atoms with Crippen molar-refractivity contribution in [3.8, 4) is 5.75 Å². The van der Waals surface area contributed by atoms with Gasteiger partial charge < -0.3 is 19.3 Å². The van der Waals surface area contributed by atoms with Gasteiger partial charge in [-0.25, -0.2) is 9.20 Å². The lowest BCUT2D eigenvalue weighted by atomic mass is 10.1. The molecular formula is C113H83N15O19S. The third kappa shape index (κ3) is 17.9. The summed E-state index contributed by atoms with van der Waals surface area (Å²) < 4.78 is 25.0. The Balaban J connectivity index is 0.000000138. The highest BCUT2D eigenvalue weighted by Crippen LogP contribution is 2.49. The van der Waals surface area contributed by atoms with Gasteiger partial charge in [0.1, 0.15) is 81.5 Å². The van der Waals surface area contributed by atoms with Gasteiger partial charge in [0.2, 0.25) is 40.5 Å². The summed E-state index contributed by atoms with van der Waals surface area (Å²) in [6.07, 6.45) is 12.5. The van der Waals surface area contributed by atoms with Crippen molar-refractivity contribution >= 4 is 150 Å². The molecule has 0 bridgehead atoms. The van der Waals surface area contributed by atoms with E-state index in [1.807, 2.05) is 26.0 Å². The Bertz CT molecular complexity index is 7750. The number of carbonyl (C=O) groups is 14. The number of para-hydroxylation sites is 8. The minimum Gasteiger partial charge on any atom is -0.750 e. The molecule has 23 rings (SSSR count). The maximum Gasteiger partial charge on any atom is 0.327 e. The SMILES string of the molecule is C.C.C.CC[n+]1ccccc1C(=O)N1/C(=C2\C(=O)c3ccccc3N2C(=O)c2cccc[n+]2CC)C(=O)c2ccccc21.O=C1/C(=C2/C(=O)c3ccccc3N2C(=O)c2ccccn2)N(C(=O)c2ccccn2)c2ccccc21.O=C1/C(=C2/C(=O)c3ccccc3N2C(=O)c2ccccn2)N(C(=O)c2ccccn2)c2ccccc21.O=C1C(c2c(O)c3ccccc3n2C(=O)c2ccncc2)=Nc2ccccc21.O=S([O-])O[O-]. The second kappa shape index (κ2) is 43.0. The Kier molecular flexibility index (Phi) is 29.4. The first-order valence-electron chi connectivity index (χ1n) is 44.7. The number of allylic oxidation sites excluding steroid dienone is 6. The summed E-state index contributed by atoms with van der Waals surface area (Å²) in [6.45, 7) is 4.88. The van der Waals surface area contributed by atoms with Gasteiger partial charge in [0, 0.05) is 111 Å². The second-order valence-corrected chi connectivity index (χ2v) is 32.8. The van der Waals surface area contributed by atoms with Gasteiger partial charge >= 0.3 is 11.8 Å². The molecule has 8 aromatic heterocycles. The minimum atomic E-state index is -2.88. The van der Waals surface area contributed by atoms with E-state index in [9.17, 15) is 72.2 Å². The topological polar surface area (TPSA) is 441 Å². The molecule has 1 N–H and O–H groups in total. The Morgan fingerprint density at radius 1 is 0.324 bits per heavy atom. The molecule has 730 valence electrons. The highest BCUT2D eigenvalue weighted by molar-refractivity contribution is 7.73. The fourth-order valence-electron chi connectivity index (χ4n) is 17.8. The molecule has 0 aliphatic carbocycles. The van der Waals surface area contributed by atoms with Crippen molar-refractivity contribution in [1.82, 2.24) is 29.5 Å². The van der Waals surface area contributed by atoms with Crippen LogP contribution in [0.25, 0.3) is 10.9 Å². The number of amides is 6. The lowest BCUT2D eigenvalue weighted by Crippen LogP contribution is -2.46. The second-order valence-electron chi connectivity index (χ2n) is 32.3. The third-order valence-electron chi connectivity index (χ3n) is 24.3. The number of fused-ring (bicyclic) bond motifs is 8. The van der Waals surface area contributed by atoms with Gasteiger partial charge in [0.15, 0.2) is 18.1 Å². The first-order valence-corrected chi connectivity index (χ1v) is 45.7. The van der Waals surface area contributed by atoms with E-state index in [4.69, 9.17) is 14.0 Å². The summed E-state index contributed by atoms with van der Waals surface area (Å²) in [5.41, 5.74) is 5.58. The Morgan fingerprint density at radius 2 is 0.595 bits per heavy atom. The molecule has 16 aromatic rings. The van der Waals surface area contributed by atoms with Crippen molar-refractivity contribution in [2.24, 2.45) is 4.99 Å². The number of aromatic nitrogens is 8.